The summed E-state index contributed by atoms with van der Waals surface area (Å²) in [6.45, 7) is 2.05. The van der Waals surface area contributed by atoms with Crippen molar-refractivity contribution < 1.29 is 9.47 Å². The third-order valence-electron chi connectivity index (χ3n) is 3.00. The van der Waals surface area contributed by atoms with E-state index in [0.29, 0.717) is 32.8 Å². The van der Waals surface area contributed by atoms with Crippen LogP contribution in [0.15, 0.2) is 60.7 Å². The average Bonchev–Trinajstić information content (AvgIpc) is 2.61. The molecule has 0 spiro atoms. The van der Waals surface area contributed by atoms with Gasteiger partial charge in [-0.2, -0.15) is 0 Å². The molecule has 116 valence electrons. The van der Waals surface area contributed by atoms with Crippen LogP contribution in [0.4, 0.5) is 0 Å². The van der Waals surface area contributed by atoms with Crippen molar-refractivity contribution in [3.8, 4) is 23.7 Å². The Labute approximate surface area is 138 Å². The second kappa shape index (κ2) is 11.1. The second-order valence-corrected chi connectivity index (χ2v) is 4.84. The standard InChI is InChI=1S/C21H20O2/c1(2-10-16-22-18-20-12-6-4-7-13-20)3-11-17-23-19-21-14-8-5-9-15-21/h4-9,12-15H,1,16-19H2. The quantitative estimate of drug-likeness (QED) is 0.597. The summed E-state index contributed by atoms with van der Waals surface area (Å²) < 4.78 is 10.9. The summed E-state index contributed by atoms with van der Waals surface area (Å²) in [6.07, 6.45) is 0.545. The van der Waals surface area contributed by atoms with Crippen LogP contribution >= 0.6 is 0 Å². The normalized spacial score (nSPS) is 9.39. The molecule has 23 heavy (non-hydrogen) atoms. The zero-order valence-electron chi connectivity index (χ0n) is 13.1. The van der Waals surface area contributed by atoms with Gasteiger partial charge in [0.2, 0.25) is 0 Å². The monoisotopic (exact) mass is 304 g/mol. The highest BCUT2D eigenvalue weighted by molar-refractivity contribution is 5.15. The van der Waals surface area contributed by atoms with Gasteiger partial charge in [-0.25, -0.2) is 0 Å². The molecule has 0 saturated heterocycles. The molecule has 0 bridgehead atoms. The number of benzene rings is 2. The van der Waals surface area contributed by atoms with Crippen LogP contribution in [0.1, 0.15) is 17.5 Å². The highest BCUT2D eigenvalue weighted by Crippen LogP contribution is 2.00. The topological polar surface area (TPSA) is 18.5 Å². The molecule has 0 heterocycles. The van der Waals surface area contributed by atoms with E-state index in [1.54, 1.807) is 0 Å². The first-order valence-electron chi connectivity index (χ1n) is 7.60. The Kier molecular flexibility index (Phi) is 8.13. The molecule has 2 nitrogen and oxygen atoms in total. The second-order valence-electron chi connectivity index (χ2n) is 4.84. The van der Waals surface area contributed by atoms with Gasteiger partial charge < -0.3 is 9.47 Å². The first-order chi connectivity index (χ1) is 11.4. The number of hydrogen-bond acceptors (Lipinski definition) is 2. The molecule has 0 radical (unpaired) electrons. The fourth-order valence-corrected chi connectivity index (χ4v) is 1.86. The van der Waals surface area contributed by atoms with Crippen LogP contribution in [0.3, 0.4) is 0 Å². The van der Waals surface area contributed by atoms with Gasteiger partial charge >= 0.3 is 0 Å². The van der Waals surface area contributed by atoms with E-state index in [4.69, 9.17) is 9.47 Å². The number of rotatable bonds is 6. The lowest BCUT2D eigenvalue weighted by molar-refractivity contribution is 0.153. The van der Waals surface area contributed by atoms with Gasteiger partial charge in [0.25, 0.3) is 0 Å². The Morgan fingerprint density at radius 2 is 1.00 bits per heavy atom. The minimum absolute atomic E-state index is 0.432. The van der Waals surface area contributed by atoms with E-state index in [1.165, 1.54) is 0 Å². The molecule has 0 amide bonds. The summed E-state index contributed by atoms with van der Waals surface area (Å²) in [4.78, 5) is 0. The molecular formula is C21H20O2. The Bertz CT molecular complexity index is 608. The lowest BCUT2D eigenvalue weighted by atomic mass is 10.2. The minimum atomic E-state index is 0.432. The first-order valence-corrected chi connectivity index (χ1v) is 7.60. The molecule has 0 unspecified atom stereocenters. The Morgan fingerprint density at radius 1 is 0.565 bits per heavy atom. The van der Waals surface area contributed by atoms with Crippen LogP contribution in [0.25, 0.3) is 0 Å². The van der Waals surface area contributed by atoms with E-state index in [1.807, 2.05) is 60.7 Å². The van der Waals surface area contributed by atoms with Gasteiger partial charge in [-0.3, -0.25) is 0 Å². The zero-order chi connectivity index (χ0) is 16.0. The first kappa shape index (κ1) is 16.8. The molecular weight excluding hydrogens is 284 g/mol. The number of ether oxygens (including phenoxy) is 2. The van der Waals surface area contributed by atoms with Crippen molar-refractivity contribution in [3.05, 3.63) is 71.8 Å². The average molecular weight is 304 g/mol. The molecule has 0 aromatic heterocycles. The fraction of sp³-hybridized carbons (Fsp3) is 0.238. The maximum absolute atomic E-state index is 5.47. The third-order valence-corrected chi connectivity index (χ3v) is 3.00. The van der Waals surface area contributed by atoms with E-state index in [-0.39, 0.29) is 0 Å². The van der Waals surface area contributed by atoms with Crippen molar-refractivity contribution in [1.82, 2.24) is 0 Å². The smallest absolute Gasteiger partial charge is 0.108 e. The SMILES string of the molecule is C(#CCOCc1ccccc1)CC#CCOCc1ccccc1. The van der Waals surface area contributed by atoms with Crippen LogP contribution in [0.2, 0.25) is 0 Å². The highest BCUT2D eigenvalue weighted by Gasteiger charge is 1.89. The molecule has 0 fully saturated rings. The number of hydrogen-bond donors (Lipinski definition) is 0. The van der Waals surface area contributed by atoms with Crippen LogP contribution in [-0.4, -0.2) is 13.2 Å². The maximum atomic E-state index is 5.47. The van der Waals surface area contributed by atoms with E-state index in [2.05, 4.69) is 23.7 Å². The Morgan fingerprint density at radius 3 is 1.43 bits per heavy atom. The lowest BCUT2D eigenvalue weighted by Crippen LogP contribution is -1.92. The van der Waals surface area contributed by atoms with Gasteiger partial charge in [0.15, 0.2) is 0 Å². The largest absolute Gasteiger partial charge is 0.364 e. The lowest BCUT2D eigenvalue weighted by Gasteiger charge is -1.99. The summed E-state index contributed by atoms with van der Waals surface area (Å²) in [5.41, 5.74) is 2.31. The van der Waals surface area contributed by atoms with Crippen LogP contribution in [-0.2, 0) is 22.7 Å². The summed E-state index contributed by atoms with van der Waals surface area (Å²) in [7, 11) is 0. The predicted octanol–water partition coefficient (Wildman–Crippen LogP) is 3.82. The molecule has 0 aliphatic heterocycles. The van der Waals surface area contributed by atoms with E-state index in [9.17, 15) is 0 Å². The maximum Gasteiger partial charge on any atom is 0.108 e. The highest BCUT2D eigenvalue weighted by atomic mass is 16.5. The van der Waals surface area contributed by atoms with Gasteiger partial charge in [0, 0.05) is 0 Å². The van der Waals surface area contributed by atoms with E-state index in [0.717, 1.165) is 11.1 Å². The van der Waals surface area contributed by atoms with Crippen molar-refractivity contribution in [2.24, 2.45) is 0 Å². The third kappa shape index (κ3) is 7.88. The molecule has 0 saturated carbocycles. The summed E-state index contributed by atoms with van der Waals surface area (Å²) >= 11 is 0. The molecule has 0 aliphatic carbocycles. The summed E-state index contributed by atoms with van der Waals surface area (Å²) in [6, 6.07) is 20.1. The predicted molar refractivity (Wildman–Crippen MR) is 92.4 cm³/mol. The molecule has 0 N–H and O–H groups in total. The molecule has 2 rings (SSSR count). The molecule has 2 aromatic rings. The van der Waals surface area contributed by atoms with E-state index >= 15 is 0 Å². The summed E-state index contributed by atoms with van der Waals surface area (Å²) in [5, 5.41) is 0. The Balaban J connectivity index is 1.51. The van der Waals surface area contributed by atoms with Crippen molar-refractivity contribution >= 4 is 0 Å². The van der Waals surface area contributed by atoms with Crippen molar-refractivity contribution in [2.75, 3.05) is 13.2 Å². The van der Waals surface area contributed by atoms with Crippen LogP contribution in [0, 0.1) is 23.7 Å². The minimum Gasteiger partial charge on any atom is -0.364 e. The van der Waals surface area contributed by atoms with Crippen LogP contribution in [0.5, 0.6) is 0 Å². The Hall–Kier alpha value is -2.52. The van der Waals surface area contributed by atoms with Gasteiger partial charge in [0.05, 0.1) is 19.6 Å². The molecule has 2 aromatic carbocycles. The fourth-order valence-electron chi connectivity index (χ4n) is 1.86. The van der Waals surface area contributed by atoms with Crippen molar-refractivity contribution in [3.63, 3.8) is 0 Å². The summed E-state index contributed by atoms with van der Waals surface area (Å²) in [5.74, 6) is 11.9. The van der Waals surface area contributed by atoms with Crippen molar-refractivity contribution in [1.29, 1.82) is 0 Å². The molecule has 0 atom stereocenters. The van der Waals surface area contributed by atoms with Gasteiger partial charge in [-0.05, 0) is 11.1 Å². The van der Waals surface area contributed by atoms with Gasteiger partial charge in [-0.15, -0.1) is 0 Å². The molecule has 0 aliphatic rings. The molecule has 2 heteroatoms. The zero-order valence-corrected chi connectivity index (χ0v) is 13.1. The van der Waals surface area contributed by atoms with Gasteiger partial charge in [-0.1, -0.05) is 84.3 Å². The van der Waals surface area contributed by atoms with Gasteiger partial charge in [0.1, 0.15) is 13.2 Å². The van der Waals surface area contributed by atoms with Crippen molar-refractivity contribution in [2.45, 2.75) is 19.6 Å². The van der Waals surface area contributed by atoms with Crippen LogP contribution < -0.4 is 0 Å². The van der Waals surface area contributed by atoms with E-state index < -0.39 is 0 Å².